The van der Waals surface area contributed by atoms with Crippen LogP contribution in [0.15, 0.2) is 52.9 Å². The van der Waals surface area contributed by atoms with Gasteiger partial charge in [-0.15, -0.1) is 0 Å². The number of hydrogen-bond acceptors (Lipinski definition) is 4. The first-order chi connectivity index (χ1) is 12.7. The quantitative estimate of drug-likeness (QED) is 0.780. The van der Waals surface area contributed by atoms with Crippen molar-refractivity contribution in [3.63, 3.8) is 0 Å². The normalized spacial score (nSPS) is 15.3. The zero-order chi connectivity index (χ0) is 17.9. The third-order valence-corrected chi connectivity index (χ3v) is 4.80. The van der Waals surface area contributed by atoms with E-state index in [-0.39, 0.29) is 17.6 Å². The highest BCUT2D eigenvalue weighted by Gasteiger charge is 2.27. The van der Waals surface area contributed by atoms with Crippen LogP contribution >= 0.6 is 0 Å². The van der Waals surface area contributed by atoms with Crippen LogP contribution in [0.5, 0.6) is 0 Å². The van der Waals surface area contributed by atoms with Crippen LogP contribution in [0, 0.1) is 11.7 Å². The molecule has 26 heavy (non-hydrogen) atoms. The van der Waals surface area contributed by atoms with Crippen LogP contribution in [0.3, 0.4) is 0 Å². The minimum atomic E-state index is -0.272. The zero-order valence-corrected chi connectivity index (χ0v) is 14.3. The fraction of sp³-hybridized carbons (Fsp3) is 0.300. The first kappa shape index (κ1) is 16.6. The first-order valence-corrected chi connectivity index (χ1v) is 8.82. The molecule has 0 atom stereocenters. The van der Waals surface area contributed by atoms with Crippen LogP contribution in [0.4, 0.5) is 10.4 Å². The Bertz CT molecular complexity index is 866. The number of fused-ring (bicyclic) bond motifs is 1. The number of carbonyl (C=O) groups excluding carboxylic acids is 1. The van der Waals surface area contributed by atoms with E-state index in [1.54, 1.807) is 12.1 Å². The lowest BCUT2D eigenvalue weighted by molar-refractivity contribution is -0.125. The number of nitrogens with one attached hydrogen (secondary N) is 1. The van der Waals surface area contributed by atoms with E-state index >= 15 is 0 Å². The Balaban J connectivity index is 1.31. The molecule has 134 valence electrons. The van der Waals surface area contributed by atoms with Gasteiger partial charge in [-0.1, -0.05) is 24.3 Å². The van der Waals surface area contributed by atoms with Gasteiger partial charge < -0.3 is 14.6 Å². The van der Waals surface area contributed by atoms with Gasteiger partial charge in [0.15, 0.2) is 5.58 Å². The number of rotatable bonds is 4. The maximum atomic E-state index is 12.9. The summed E-state index contributed by atoms with van der Waals surface area (Å²) in [7, 11) is 0. The number of benzene rings is 2. The molecule has 0 spiro atoms. The Labute approximate surface area is 150 Å². The van der Waals surface area contributed by atoms with Gasteiger partial charge in [-0.3, -0.25) is 4.79 Å². The average Bonchev–Trinajstić information content (AvgIpc) is 3.12. The Morgan fingerprint density at radius 2 is 1.88 bits per heavy atom. The summed E-state index contributed by atoms with van der Waals surface area (Å²) >= 11 is 0. The predicted octanol–water partition coefficient (Wildman–Crippen LogP) is 3.50. The molecule has 3 aromatic rings. The lowest BCUT2D eigenvalue weighted by Gasteiger charge is -2.30. The Kier molecular flexibility index (Phi) is 4.56. The minimum Gasteiger partial charge on any atom is -0.423 e. The van der Waals surface area contributed by atoms with Crippen LogP contribution in [-0.2, 0) is 11.3 Å². The van der Waals surface area contributed by atoms with Crippen molar-refractivity contribution in [2.75, 3.05) is 18.0 Å². The van der Waals surface area contributed by atoms with Crippen LogP contribution in [0.1, 0.15) is 18.4 Å². The highest BCUT2D eigenvalue weighted by atomic mass is 19.1. The van der Waals surface area contributed by atoms with Gasteiger partial charge in [0, 0.05) is 25.6 Å². The Morgan fingerprint density at radius 1 is 1.15 bits per heavy atom. The van der Waals surface area contributed by atoms with Crippen molar-refractivity contribution in [1.29, 1.82) is 0 Å². The van der Waals surface area contributed by atoms with Crippen molar-refractivity contribution in [3.05, 3.63) is 59.9 Å². The van der Waals surface area contributed by atoms with Gasteiger partial charge in [-0.05, 0) is 42.7 Å². The van der Waals surface area contributed by atoms with E-state index in [9.17, 15) is 9.18 Å². The van der Waals surface area contributed by atoms with Crippen molar-refractivity contribution in [1.82, 2.24) is 10.3 Å². The smallest absolute Gasteiger partial charge is 0.298 e. The number of carbonyl (C=O) groups is 1. The van der Waals surface area contributed by atoms with Crippen molar-refractivity contribution in [2.24, 2.45) is 5.92 Å². The van der Waals surface area contributed by atoms with Gasteiger partial charge in [0.1, 0.15) is 11.3 Å². The highest BCUT2D eigenvalue weighted by molar-refractivity contribution is 5.79. The molecule has 2 heterocycles. The number of anilines is 1. The summed E-state index contributed by atoms with van der Waals surface area (Å²) in [6.45, 7) is 1.90. The summed E-state index contributed by atoms with van der Waals surface area (Å²) in [4.78, 5) is 19.0. The second-order valence-electron chi connectivity index (χ2n) is 6.57. The molecular formula is C20H20FN3O2. The molecule has 0 unspecified atom stereocenters. The van der Waals surface area contributed by atoms with Crippen LogP contribution < -0.4 is 10.2 Å². The van der Waals surface area contributed by atoms with Crippen molar-refractivity contribution >= 4 is 23.0 Å². The third-order valence-electron chi connectivity index (χ3n) is 4.80. The van der Waals surface area contributed by atoms with Crippen LogP contribution in [0.25, 0.3) is 11.1 Å². The molecule has 2 aromatic carbocycles. The van der Waals surface area contributed by atoms with Gasteiger partial charge in [0.2, 0.25) is 5.91 Å². The Hall–Kier alpha value is -2.89. The molecule has 1 saturated heterocycles. The SMILES string of the molecule is O=C(NCc1ccc(F)cc1)C1CCN(c2nc3ccccc3o2)CC1. The van der Waals surface area contributed by atoms with Gasteiger partial charge in [0.05, 0.1) is 0 Å². The second-order valence-corrected chi connectivity index (χ2v) is 6.57. The molecule has 0 radical (unpaired) electrons. The topological polar surface area (TPSA) is 58.4 Å². The lowest BCUT2D eigenvalue weighted by atomic mass is 9.96. The molecule has 6 heteroatoms. The Morgan fingerprint density at radius 3 is 2.62 bits per heavy atom. The molecule has 4 rings (SSSR count). The zero-order valence-electron chi connectivity index (χ0n) is 14.3. The summed E-state index contributed by atoms with van der Waals surface area (Å²) in [5, 5.41) is 2.95. The van der Waals surface area contributed by atoms with Gasteiger partial charge in [0.25, 0.3) is 6.01 Å². The first-order valence-electron chi connectivity index (χ1n) is 8.82. The fourth-order valence-corrected chi connectivity index (χ4v) is 3.26. The lowest BCUT2D eigenvalue weighted by Crippen LogP contribution is -2.40. The monoisotopic (exact) mass is 353 g/mol. The van der Waals surface area contributed by atoms with E-state index in [1.165, 1.54) is 12.1 Å². The molecular weight excluding hydrogens is 333 g/mol. The van der Waals surface area contributed by atoms with E-state index in [4.69, 9.17) is 4.42 Å². The number of halogens is 1. The van der Waals surface area contributed by atoms with Gasteiger partial charge >= 0.3 is 0 Å². The van der Waals surface area contributed by atoms with Crippen molar-refractivity contribution in [3.8, 4) is 0 Å². The molecule has 1 amide bonds. The number of piperidine rings is 1. The molecule has 1 aliphatic rings. The number of amides is 1. The standard InChI is InChI=1S/C20H20FN3O2/c21-16-7-5-14(6-8-16)13-22-19(25)15-9-11-24(12-10-15)20-23-17-3-1-2-4-18(17)26-20/h1-8,15H,9-13H2,(H,22,25). The fourth-order valence-electron chi connectivity index (χ4n) is 3.26. The van der Waals surface area contributed by atoms with E-state index in [2.05, 4.69) is 15.2 Å². The summed E-state index contributed by atoms with van der Waals surface area (Å²) < 4.78 is 18.7. The van der Waals surface area contributed by atoms with E-state index < -0.39 is 0 Å². The van der Waals surface area contributed by atoms with E-state index in [0.29, 0.717) is 12.6 Å². The number of aromatic nitrogens is 1. The third kappa shape index (κ3) is 3.54. The number of oxazole rings is 1. The summed E-state index contributed by atoms with van der Waals surface area (Å²) in [5.74, 6) is -0.241. The van der Waals surface area contributed by atoms with Crippen molar-refractivity contribution < 1.29 is 13.6 Å². The average molecular weight is 353 g/mol. The number of nitrogens with zero attached hydrogens (tertiary/aromatic N) is 2. The largest absolute Gasteiger partial charge is 0.423 e. The highest BCUT2D eigenvalue weighted by Crippen LogP contribution is 2.26. The van der Waals surface area contributed by atoms with Crippen LogP contribution in [-0.4, -0.2) is 24.0 Å². The van der Waals surface area contributed by atoms with Gasteiger partial charge in [-0.2, -0.15) is 4.98 Å². The van der Waals surface area contributed by atoms with E-state index in [1.807, 2.05) is 24.3 Å². The molecule has 0 saturated carbocycles. The maximum absolute atomic E-state index is 12.9. The molecule has 1 aliphatic heterocycles. The number of para-hydroxylation sites is 2. The molecule has 5 nitrogen and oxygen atoms in total. The molecule has 0 bridgehead atoms. The predicted molar refractivity (Wildman–Crippen MR) is 97.2 cm³/mol. The summed E-state index contributed by atoms with van der Waals surface area (Å²) in [6, 6.07) is 14.5. The van der Waals surface area contributed by atoms with Crippen LogP contribution in [0.2, 0.25) is 0 Å². The minimum absolute atomic E-state index is 0.0175. The van der Waals surface area contributed by atoms with Crippen molar-refractivity contribution in [2.45, 2.75) is 19.4 Å². The summed E-state index contributed by atoms with van der Waals surface area (Å²) in [5.41, 5.74) is 2.52. The second kappa shape index (κ2) is 7.15. The molecule has 1 N–H and O–H groups in total. The maximum Gasteiger partial charge on any atom is 0.298 e. The molecule has 1 fully saturated rings. The van der Waals surface area contributed by atoms with E-state index in [0.717, 1.165) is 42.6 Å². The summed E-state index contributed by atoms with van der Waals surface area (Å²) in [6.07, 6.45) is 1.52. The number of hydrogen-bond donors (Lipinski definition) is 1. The molecule has 1 aromatic heterocycles. The molecule has 0 aliphatic carbocycles. The van der Waals surface area contributed by atoms with Gasteiger partial charge in [-0.25, -0.2) is 4.39 Å².